The van der Waals surface area contributed by atoms with E-state index in [1.165, 1.54) is 21.2 Å². The first-order chi connectivity index (χ1) is 17.9. The standard InChI is InChI=1S/C27H28N4O3S3/c1-20(2)22-7-5-21(6-8-22)18-28-31-25(26-4-3-17-35-26)19-36-27(31)29-23-9-11-24(12-10-23)37(32,33)30-13-15-34-16-14-30/h3-12,17-20H,13-16H2,1-2H3. The van der Waals surface area contributed by atoms with Crippen molar-refractivity contribution in [2.45, 2.75) is 24.7 Å². The third-order valence-electron chi connectivity index (χ3n) is 6.05. The van der Waals surface area contributed by atoms with Crippen molar-refractivity contribution in [2.24, 2.45) is 10.1 Å². The Morgan fingerprint density at radius 3 is 2.35 bits per heavy atom. The fourth-order valence-electron chi connectivity index (χ4n) is 3.91. The zero-order valence-corrected chi connectivity index (χ0v) is 23.1. The smallest absolute Gasteiger partial charge is 0.243 e. The number of benzene rings is 2. The monoisotopic (exact) mass is 552 g/mol. The average molecular weight is 553 g/mol. The summed E-state index contributed by atoms with van der Waals surface area (Å²) in [6, 6.07) is 19.2. The van der Waals surface area contributed by atoms with Crippen molar-refractivity contribution in [1.29, 1.82) is 0 Å². The van der Waals surface area contributed by atoms with E-state index in [4.69, 9.17) is 14.8 Å². The summed E-state index contributed by atoms with van der Waals surface area (Å²) in [6.45, 7) is 5.92. The largest absolute Gasteiger partial charge is 0.379 e. The van der Waals surface area contributed by atoms with Gasteiger partial charge in [-0.05, 0) is 52.8 Å². The molecule has 192 valence electrons. The van der Waals surface area contributed by atoms with Gasteiger partial charge in [-0.1, -0.05) is 44.2 Å². The molecule has 1 aliphatic heterocycles. The molecule has 5 rings (SSSR count). The Bertz CT molecular complexity index is 1530. The fraction of sp³-hybridized carbons (Fsp3) is 0.259. The highest BCUT2D eigenvalue weighted by molar-refractivity contribution is 7.89. The number of aromatic nitrogens is 1. The van der Waals surface area contributed by atoms with Crippen molar-refractivity contribution in [3.8, 4) is 10.6 Å². The van der Waals surface area contributed by atoms with Crippen LogP contribution in [0.4, 0.5) is 5.69 Å². The zero-order valence-electron chi connectivity index (χ0n) is 20.6. The Morgan fingerprint density at radius 1 is 0.973 bits per heavy atom. The summed E-state index contributed by atoms with van der Waals surface area (Å²) in [7, 11) is -3.55. The molecule has 0 unspecified atom stereocenters. The van der Waals surface area contributed by atoms with Gasteiger partial charge in [0.2, 0.25) is 14.8 Å². The molecule has 0 radical (unpaired) electrons. The number of hydrogen-bond donors (Lipinski definition) is 0. The van der Waals surface area contributed by atoms with E-state index in [2.05, 4.69) is 44.2 Å². The molecule has 0 bridgehead atoms. The summed E-state index contributed by atoms with van der Waals surface area (Å²) >= 11 is 3.14. The molecule has 4 aromatic rings. The number of ether oxygens (including phenoxy) is 1. The van der Waals surface area contributed by atoms with Crippen molar-refractivity contribution in [3.05, 3.63) is 87.4 Å². The number of nitrogens with zero attached hydrogens (tertiary/aromatic N) is 4. The highest BCUT2D eigenvalue weighted by Gasteiger charge is 2.26. The molecule has 2 aromatic heterocycles. The SMILES string of the molecule is CC(C)c1ccc(C=Nn2c(-c3cccs3)csc2=Nc2ccc(S(=O)(=O)N3CCOCC3)cc2)cc1. The van der Waals surface area contributed by atoms with Crippen LogP contribution >= 0.6 is 22.7 Å². The molecule has 0 saturated carbocycles. The van der Waals surface area contributed by atoms with Crippen LogP contribution in [0.1, 0.15) is 30.9 Å². The van der Waals surface area contributed by atoms with E-state index in [1.807, 2.05) is 27.7 Å². The molecular weight excluding hydrogens is 525 g/mol. The minimum Gasteiger partial charge on any atom is -0.379 e. The average Bonchev–Trinajstić information content (AvgIpc) is 3.59. The predicted octanol–water partition coefficient (Wildman–Crippen LogP) is 5.54. The van der Waals surface area contributed by atoms with E-state index in [0.29, 0.717) is 42.7 Å². The first kappa shape index (κ1) is 25.7. The summed E-state index contributed by atoms with van der Waals surface area (Å²) < 4.78 is 34.5. The second-order valence-electron chi connectivity index (χ2n) is 8.88. The third-order valence-corrected chi connectivity index (χ3v) is 9.68. The summed E-state index contributed by atoms with van der Waals surface area (Å²) in [5, 5.41) is 8.86. The number of morpholine rings is 1. The van der Waals surface area contributed by atoms with Crippen LogP contribution in [0.25, 0.3) is 10.6 Å². The molecule has 10 heteroatoms. The third kappa shape index (κ3) is 5.83. The quantitative estimate of drug-likeness (QED) is 0.283. The van der Waals surface area contributed by atoms with Gasteiger partial charge in [0.15, 0.2) is 0 Å². The summed E-state index contributed by atoms with van der Waals surface area (Å²) in [5.41, 5.74) is 3.91. The van der Waals surface area contributed by atoms with Crippen molar-refractivity contribution in [3.63, 3.8) is 0 Å². The van der Waals surface area contributed by atoms with Crippen LogP contribution in [-0.4, -0.2) is 49.9 Å². The van der Waals surface area contributed by atoms with E-state index in [1.54, 1.807) is 35.6 Å². The first-order valence-corrected chi connectivity index (χ1v) is 15.2. The Hall–Kier alpha value is -2.89. The molecule has 0 amide bonds. The second-order valence-corrected chi connectivity index (χ2v) is 12.6. The van der Waals surface area contributed by atoms with Gasteiger partial charge in [-0.2, -0.15) is 9.41 Å². The van der Waals surface area contributed by atoms with Crippen molar-refractivity contribution in [2.75, 3.05) is 26.3 Å². The number of rotatable bonds is 7. The topological polar surface area (TPSA) is 76.3 Å². The number of thiazole rings is 1. The molecule has 0 N–H and O–H groups in total. The lowest BCUT2D eigenvalue weighted by Crippen LogP contribution is -2.40. The van der Waals surface area contributed by atoms with Gasteiger partial charge in [-0.25, -0.2) is 18.1 Å². The molecule has 1 fully saturated rings. The van der Waals surface area contributed by atoms with Crippen molar-refractivity contribution in [1.82, 2.24) is 8.98 Å². The second kappa shape index (κ2) is 11.2. The summed E-state index contributed by atoms with van der Waals surface area (Å²) in [4.78, 5) is 6.85. The van der Waals surface area contributed by atoms with Gasteiger partial charge in [-0.15, -0.1) is 22.7 Å². The molecule has 0 spiro atoms. The molecule has 1 aliphatic rings. The normalized spacial score (nSPS) is 15.7. The van der Waals surface area contributed by atoms with Crippen LogP contribution in [0, 0.1) is 0 Å². The van der Waals surface area contributed by atoms with E-state index in [9.17, 15) is 8.42 Å². The Kier molecular flexibility index (Phi) is 7.82. The molecule has 3 heterocycles. The van der Waals surface area contributed by atoms with Crippen LogP contribution in [0.5, 0.6) is 0 Å². The van der Waals surface area contributed by atoms with E-state index < -0.39 is 10.0 Å². The van der Waals surface area contributed by atoms with Gasteiger partial charge in [-0.3, -0.25) is 0 Å². The highest BCUT2D eigenvalue weighted by atomic mass is 32.2. The molecule has 1 saturated heterocycles. The maximum atomic E-state index is 12.9. The van der Waals surface area contributed by atoms with Crippen LogP contribution in [0.15, 0.2) is 86.4 Å². The molecule has 7 nitrogen and oxygen atoms in total. The fourth-order valence-corrected chi connectivity index (χ4v) is 6.97. The van der Waals surface area contributed by atoms with Crippen LogP contribution in [0.3, 0.4) is 0 Å². The van der Waals surface area contributed by atoms with Gasteiger partial charge in [0.05, 0.1) is 40.6 Å². The lowest BCUT2D eigenvalue weighted by atomic mass is 10.0. The number of sulfonamides is 1. The molecule has 2 aromatic carbocycles. The minimum atomic E-state index is -3.55. The highest BCUT2D eigenvalue weighted by Crippen LogP contribution is 2.26. The molecule has 0 atom stereocenters. The minimum absolute atomic E-state index is 0.259. The predicted molar refractivity (Wildman–Crippen MR) is 150 cm³/mol. The van der Waals surface area contributed by atoms with E-state index in [-0.39, 0.29) is 4.90 Å². The molecular formula is C27H28N4O3S3. The Morgan fingerprint density at radius 2 is 1.70 bits per heavy atom. The summed E-state index contributed by atoms with van der Waals surface area (Å²) in [5.74, 6) is 0.475. The maximum Gasteiger partial charge on any atom is 0.243 e. The maximum absolute atomic E-state index is 12.9. The van der Waals surface area contributed by atoms with Gasteiger partial charge in [0, 0.05) is 18.5 Å². The van der Waals surface area contributed by atoms with Crippen LogP contribution in [0.2, 0.25) is 0 Å². The first-order valence-electron chi connectivity index (χ1n) is 12.0. The Labute approximate surface area is 225 Å². The molecule has 37 heavy (non-hydrogen) atoms. The van der Waals surface area contributed by atoms with Crippen molar-refractivity contribution < 1.29 is 13.2 Å². The van der Waals surface area contributed by atoms with E-state index >= 15 is 0 Å². The lowest BCUT2D eigenvalue weighted by Gasteiger charge is -2.26. The summed E-state index contributed by atoms with van der Waals surface area (Å²) in [6.07, 6.45) is 1.84. The zero-order chi connectivity index (χ0) is 25.8. The van der Waals surface area contributed by atoms with E-state index in [0.717, 1.165) is 16.1 Å². The molecule has 0 aliphatic carbocycles. The van der Waals surface area contributed by atoms with Crippen molar-refractivity contribution >= 4 is 44.6 Å². The van der Waals surface area contributed by atoms with Gasteiger partial charge < -0.3 is 4.74 Å². The van der Waals surface area contributed by atoms with Crippen LogP contribution in [-0.2, 0) is 14.8 Å². The number of hydrogen-bond acceptors (Lipinski definition) is 7. The van der Waals surface area contributed by atoms with Gasteiger partial charge in [0.1, 0.15) is 0 Å². The van der Waals surface area contributed by atoms with Gasteiger partial charge in [0.25, 0.3) is 0 Å². The Balaban J connectivity index is 1.47. The lowest BCUT2D eigenvalue weighted by molar-refractivity contribution is 0.0730. The number of thiophene rings is 1. The van der Waals surface area contributed by atoms with Crippen LogP contribution < -0.4 is 4.80 Å². The van der Waals surface area contributed by atoms with Gasteiger partial charge >= 0.3 is 0 Å².